The van der Waals surface area contributed by atoms with E-state index in [2.05, 4.69) is 10.2 Å². The summed E-state index contributed by atoms with van der Waals surface area (Å²) in [5, 5.41) is 24.5. The van der Waals surface area contributed by atoms with Crippen molar-refractivity contribution < 1.29 is 29.2 Å². The summed E-state index contributed by atoms with van der Waals surface area (Å²) in [5.41, 5.74) is -0.594. The van der Waals surface area contributed by atoms with Gasteiger partial charge in [0.2, 0.25) is 5.78 Å². The Morgan fingerprint density at radius 2 is 2.23 bits per heavy atom. The molecule has 6 rings (SSSR count). The number of carbonyl (C=O) groups excluding carboxylic acids is 2. The van der Waals surface area contributed by atoms with E-state index < -0.39 is 39.7 Å². The van der Waals surface area contributed by atoms with Gasteiger partial charge in [-0.2, -0.15) is 0 Å². The molecule has 0 aromatic rings. The van der Waals surface area contributed by atoms with Gasteiger partial charge in [-0.1, -0.05) is 0 Å². The van der Waals surface area contributed by atoms with E-state index in [0.29, 0.717) is 12.0 Å². The summed E-state index contributed by atoms with van der Waals surface area (Å²) in [6, 6.07) is -0.263. The number of hydrogen-bond acceptors (Lipinski definition) is 8. The van der Waals surface area contributed by atoms with E-state index in [-0.39, 0.29) is 42.0 Å². The molecule has 6 aliphatic rings. The summed E-state index contributed by atoms with van der Waals surface area (Å²) in [5.74, 6) is -2.81. The minimum absolute atomic E-state index is 0.0808. The molecule has 2 aliphatic carbocycles. The third-order valence-corrected chi connectivity index (χ3v) is 8.36. The molecule has 1 saturated carbocycles. The average molecular weight is 427 g/mol. The van der Waals surface area contributed by atoms with Crippen molar-refractivity contribution in [2.45, 2.75) is 37.5 Å². The SMILES string of the molecule is O=C(O)C[C@H]1OC=C[C@@H]2CN3CC[C@]45C6=CC(=O)C(=O)C([N+](=O)[O-])=C6N[C@@H]4[C@H]1[C@@H]2C[C@@H]35. The molecule has 31 heavy (non-hydrogen) atoms. The van der Waals surface area contributed by atoms with Gasteiger partial charge in [0.25, 0.3) is 0 Å². The number of ketones is 2. The number of allylic oxidation sites excluding steroid dienone is 3. The number of aliphatic carboxylic acids is 1. The maximum atomic E-state index is 12.4. The summed E-state index contributed by atoms with van der Waals surface area (Å²) in [6.07, 6.45) is 5.62. The van der Waals surface area contributed by atoms with Crippen LogP contribution in [0.4, 0.5) is 0 Å². The van der Waals surface area contributed by atoms with Gasteiger partial charge in [-0.15, -0.1) is 0 Å². The Morgan fingerprint density at radius 1 is 1.42 bits per heavy atom. The van der Waals surface area contributed by atoms with Crippen LogP contribution in [-0.4, -0.2) is 63.7 Å². The van der Waals surface area contributed by atoms with Crippen molar-refractivity contribution in [1.29, 1.82) is 0 Å². The number of carboxylic acids is 1. The molecule has 3 saturated heterocycles. The molecule has 2 N–H and O–H groups in total. The Morgan fingerprint density at radius 3 is 2.97 bits per heavy atom. The fourth-order valence-corrected chi connectivity index (χ4v) is 7.35. The molecule has 4 fully saturated rings. The molecule has 4 aliphatic heterocycles. The number of carbonyl (C=O) groups is 3. The highest BCUT2D eigenvalue weighted by Crippen LogP contribution is 2.64. The largest absolute Gasteiger partial charge is 0.497 e. The maximum absolute atomic E-state index is 12.4. The lowest BCUT2D eigenvalue weighted by atomic mass is 9.53. The van der Waals surface area contributed by atoms with Crippen LogP contribution >= 0.6 is 0 Å². The number of nitrogens with one attached hydrogen (secondary N) is 1. The Balaban J connectivity index is 1.56. The van der Waals surface area contributed by atoms with E-state index in [1.54, 1.807) is 6.26 Å². The Kier molecular flexibility index (Phi) is 3.64. The molecule has 7 atom stereocenters. The second-order valence-corrected chi connectivity index (χ2v) is 9.40. The van der Waals surface area contributed by atoms with E-state index in [1.165, 1.54) is 6.08 Å². The number of fused-ring (bicyclic) bond motifs is 2. The number of Topliss-reactive ketones (excluding diaryl/α,β-unsaturated/α-hetero) is 1. The third-order valence-electron chi connectivity index (χ3n) is 8.36. The van der Waals surface area contributed by atoms with Crippen LogP contribution in [0.1, 0.15) is 19.3 Å². The van der Waals surface area contributed by atoms with E-state index >= 15 is 0 Å². The fraction of sp³-hybridized carbons (Fsp3) is 0.571. The first kappa shape index (κ1) is 18.7. The first-order chi connectivity index (χ1) is 14.8. The zero-order chi connectivity index (χ0) is 21.7. The van der Waals surface area contributed by atoms with Gasteiger partial charge in [-0.3, -0.25) is 29.4 Å². The normalized spacial score (nSPS) is 42.3. The predicted octanol–water partition coefficient (Wildman–Crippen LogP) is 0.239. The topological polar surface area (TPSA) is 139 Å². The Bertz CT molecular complexity index is 1050. The molecule has 0 amide bonds. The molecule has 0 unspecified atom stereocenters. The van der Waals surface area contributed by atoms with Crippen LogP contribution in [-0.2, 0) is 19.1 Å². The van der Waals surface area contributed by atoms with Crippen molar-refractivity contribution in [3.05, 3.63) is 45.5 Å². The fourth-order valence-electron chi connectivity index (χ4n) is 7.35. The lowest BCUT2D eigenvalue weighted by Gasteiger charge is -2.56. The van der Waals surface area contributed by atoms with Crippen molar-refractivity contribution in [1.82, 2.24) is 10.2 Å². The molecule has 4 heterocycles. The highest BCUT2D eigenvalue weighted by atomic mass is 16.6. The zero-order valence-corrected chi connectivity index (χ0v) is 16.5. The first-order valence-electron chi connectivity index (χ1n) is 10.6. The van der Waals surface area contributed by atoms with Gasteiger partial charge < -0.3 is 15.2 Å². The van der Waals surface area contributed by atoms with Crippen LogP contribution in [0.5, 0.6) is 0 Å². The van der Waals surface area contributed by atoms with Gasteiger partial charge in [0, 0.05) is 30.0 Å². The lowest BCUT2D eigenvalue weighted by molar-refractivity contribution is -0.419. The number of carboxylic acid groups (broad SMARTS) is 1. The summed E-state index contributed by atoms with van der Waals surface area (Å²) in [6.45, 7) is 1.60. The molecule has 0 radical (unpaired) electrons. The Hall–Kier alpha value is -3.01. The van der Waals surface area contributed by atoms with Crippen molar-refractivity contribution in [3.63, 3.8) is 0 Å². The molecule has 162 valence electrons. The number of piperidine rings is 1. The monoisotopic (exact) mass is 427 g/mol. The van der Waals surface area contributed by atoms with E-state index in [9.17, 15) is 29.6 Å². The van der Waals surface area contributed by atoms with E-state index in [0.717, 1.165) is 19.5 Å². The van der Waals surface area contributed by atoms with Gasteiger partial charge in [-0.25, -0.2) is 0 Å². The summed E-state index contributed by atoms with van der Waals surface area (Å²) in [7, 11) is 0. The van der Waals surface area contributed by atoms with Gasteiger partial charge in [0.05, 0.1) is 17.6 Å². The van der Waals surface area contributed by atoms with Crippen molar-refractivity contribution in [2.75, 3.05) is 13.1 Å². The quantitative estimate of drug-likeness (QED) is 0.281. The van der Waals surface area contributed by atoms with Crippen molar-refractivity contribution in [3.8, 4) is 0 Å². The second kappa shape index (κ2) is 6.03. The average Bonchev–Trinajstić information content (AvgIpc) is 3.18. The van der Waals surface area contributed by atoms with Crippen LogP contribution in [0, 0.1) is 33.3 Å². The smallest absolute Gasteiger partial charge is 0.343 e. The van der Waals surface area contributed by atoms with Crippen LogP contribution in [0.15, 0.2) is 35.4 Å². The summed E-state index contributed by atoms with van der Waals surface area (Å²) < 4.78 is 5.89. The van der Waals surface area contributed by atoms with Crippen LogP contribution in [0.2, 0.25) is 0 Å². The van der Waals surface area contributed by atoms with E-state index in [4.69, 9.17) is 4.74 Å². The van der Waals surface area contributed by atoms with Gasteiger partial charge in [0.1, 0.15) is 11.8 Å². The maximum Gasteiger partial charge on any atom is 0.343 e. The number of nitrogens with zero attached hydrogens (tertiary/aromatic N) is 2. The van der Waals surface area contributed by atoms with Gasteiger partial charge in [0.15, 0.2) is 0 Å². The summed E-state index contributed by atoms with van der Waals surface area (Å²) in [4.78, 5) is 49.8. The first-order valence-corrected chi connectivity index (χ1v) is 10.6. The second-order valence-electron chi connectivity index (χ2n) is 9.40. The minimum Gasteiger partial charge on any atom is -0.497 e. The number of ether oxygens (including phenoxy) is 1. The highest BCUT2D eigenvalue weighted by molar-refractivity contribution is 6.48. The number of hydrogen-bond donors (Lipinski definition) is 2. The predicted molar refractivity (Wildman–Crippen MR) is 103 cm³/mol. The minimum atomic E-state index is -1.11. The zero-order valence-electron chi connectivity index (χ0n) is 16.5. The van der Waals surface area contributed by atoms with Gasteiger partial charge >= 0.3 is 17.4 Å². The molecule has 10 nitrogen and oxygen atoms in total. The van der Waals surface area contributed by atoms with Crippen molar-refractivity contribution in [2.24, 2.45) is 23.2 Å². The summed E-state index contributed by atoms with van der Waals surface area (Å²) >= 11 is 0. The van der Waals surface area contributed by atoms with Crippen LogP contribution in [0.3, 0.4) is 0 Å². The molecule has 10 heteroatoms. The van der Waals surface area contributed by atoms with E-state index in [1.807, 2.05) is 6.08 Å². The molecule has 0 aromatic heterocycles. The Labute approximate surface area is 176 Å². The standard InChI is InChI=1S/C21H21N3O7/c25-12-6-11-17(18(19(12)28)24(29)30)22-20-16-10-5-14-21(11,20)2-3-23(14)8-9(10)1-4-31-13(16)7-15(26)27/h1,4,6,9-10,13-14,16,20,22H,2-3,5,7-8H2,(H,26,27)/t9-,10-,13-,14-,16+,20-,21-/m1/s1. The number of nitro groups is 1. The molecule has 0 aromatic carbocycles. The molecular formula is C21H21N3O7. The van der Waals surface area contributed by atoms with Gasteiger partial charge in [-0.05, 0) is 48.9 Å². The number of rotatable bonds is 3. The third kappa shape index (κ3) is 2.23. The van der Waals surface area contributed by atoms with Crippen molar-refractivity contribution >= 4 is 17.5 Å². The molecule has 1 spiro atoms. The molecular weight excluding hydrogens is 406 g/mol. The van der Waals surface area contributed by atoms with Crippen LogP contribution < -0.4 is 5.32 Å². The van der Waals surface area contributed by atoms with Crippen LogP contribution in [0.25, 0.3) is 0 Å². The highest BCUT2D eigenvalue weighted by Gasteiger charge is 2.70. The lowest BCUT2D eigenvalue weighted by Crippen LogP contribution is -2.64. The molecule has 2 bridgehead atoms.